The number of dihydropyridines is 1. The number of rotatable bonds is 1. The van der Waals surface area contributed by atoms with E-state index >= 15 is 0 Å². The van der Waals surface area contributed by atoms with Crippen molar-refractivity contribution in [1.82, 2.24) is 5.32 Å². The zero-order valence-electron chi connectivity index (χ0n) is 5.46. The van der Waals surface area contributed by atoms with E-state index in [1.54, 1.807) is 12.2 Å². The Morgan fingerprint density at radius 3 is 2.82 bits per heavy atom. The first-order valence-corrected chi connectivity index (χ1v) is 3.64. The van der Waals surface area contributed by atoms with Crippen LogP contribution in [-0.4, -0.2) is 5.50 Å². The molecular weight excluding hydrogens is 187 g/mol. The monoisotopic (exact) mass is 192 g/mol. The molecule has 0 aromatic rings. The highest BCUT2D eigenvalue weighted by atomic mass is 35.5. The molecule has 11 heavy (non-hydrogen) atoms. The van der Waals surface area contributed by atoms with Crippen molar-refractivity contribution < 1.29 is 0 Å². The molecule has 1 rings (SSSR count). The van der Waals surface area contributed by atoms with Gasteiger partial charge in [-0.05, 0) is 12.2 Å². The summed E-state index contributed by atoms with van der Waals surface area (Å²) >= 11 is 11.3. The maximum Gasteiger partial charge on any atom is 0.147 e. The Labute approximate surface area is 73.7 Å². The Morgan fingerprint density at radius 2 is 2.27 bits per heavy atom. The minimum atomic E-state index is -0.459. The van der Waals surface area contributed by atoms with Crippen LogP contribution in [0.4, 0.5) is 0 Å². The molecule has 0 fully saturated rings. The molecule has 0 aromatic carbocycles. The highest BCUT2D eigenvalue weighted by Gasteiger charge is 2.13. The molecule has 1 atom stereocenters. The standard InChI is InChI=1S/C5H6Cl2N4/c6-4-2-1-3(10-11-8)5(7)9-4/h1-2,5,9H,(H2,8,10). The first-order chi connectivity index (χ1) is 5.24. The van der Waals surface area contributed by atoms with Crippen LogP contribution in [0.15, 0.2) is 33.3 Å². The van der Waals surface area contributed by atoms with E-state index in [2.05, 4.69) is 15.7 Å². The number of allylic oxidation sites excluding steroid dienone is 2. The topological polar surface area (TPSA) is 62.8 Å². The van der Waals surface area contributed by atoms with E-state index in [4.69, 9.17) is 29.0 Å². The van der Waals surface area contributed by atoms with Crippen LogP contribution in [0.5, 0.6) is 0 Å². The lowest BCUT2D eigenvalue weighted by atomic mass is 10.3. The summed E-state index contributed by atoms with van der Waals surface area (Å²) in [6.45, 7) is 0. The Bertz CT molecular complexity index is 233. The van der Waals surface area contributed by atoms with Gasteiger partial charge in [-0.15, -0.1) is 5.11 Å². The van der Waals surface area contributed by atoms with Crippen molar-refractivity contribution in [1.29, 1.82) is 0 Å². The molecule has 0 saturated carbocycles. The lowest BCUT2D eigenvalue weighted by Gasteiger charge is -2.14. The molecule has 1 heterocycles. The van der Waals surface area contributed by atoms with E-state index < -0.39 is 5.50 Å². The molecule has 1 aliphatic rings. The number of hydrogen-bond donors (Lipinski definition) is 2. The molecule has 0 aromatic heterocycles. The van der Waals surface area contributed by atoms with E-state index in [1.807, 2.05) is 0 Å². The van der Waals surface area contributed by atoms with Crippen molar-refractivity contribution in [3.05, 3.63) is 23.0 Å². The second kappa shape index (κ2) is 3.59. The van der Waals surface area contributed by atoms with Crippen molar-refractivity contribution in [3.63, 3.8) is 0 Å². The fourth-order valence-electron chi connectivity index (χ4n) is 0.637. The van der Waals surface area contributed by atoms with Gasteiger partial charge in [0.25, 0.3) is 0 Å². The molecule has 0 bridgehead atoms. The van der Waals surface area contributed by atoms with Gasteiger partial charge in [0, 0.05) is 0 Å². The first kappa shape index (κ1) is 8.36. The summed E-state index contributed by atoms with van der Waals surface area (Å²) in [5.41, 5.74) is 0.0818. The molecule has 0 radical (unpaired) electrons. The maximum absolute atomic E-state index is 5.74. The van der Waals surface area contributed by atoms with Gasteiger partial charge < -0.3 is 11.2 Å². The van der Waals surface area contributed by atoms with E-state index in [9.17, 15) is 0 Å². The Hall–Kier alpha value is -0.740. The Kier molecular flexibility index (Phi) is 2.73. The number of nitrogens with zero attached hydrogens (tertiary/aromatic N) is 2. The Morgan fingerprint density at radius 1 is 1.55 bits per heavy atom. The predicted molar refractivity (Wildman–Crippen MR) is 43.8 cm³/mol. The second-order valence-corrected chi connectivity index (χ2v) is 2.67. The highest BCUT2D eigenvalue weighted by Crippen LogP contribution is 2.17. The molecular formula is C5H6Cl2N4. The minimum absolute atomic E-state index is 0.459. The van der Waals surface area contributed by atoms with Crippen LogP contribution in [0.1, 0.15) is 0 Å². The lowest BCUT2D eigenvalue weighted by molar-refractivity contribution is 0.798. The summed E-state index contributed by atoms with van der Waals surface area (Å²) < 4.78 is 0. The predicted octanol–water partition coefficient (Wildman–Crippen LogP) is 1.44. The summed E-state index contributed by atoms with van der Waals surface area (Å²) in [5.74, 6) is 4.83. The van der Waals surface area contributed by atoms with Gasteiger partial charge in [-0.1, -0.05) is 28.4 Å². The molecule has 4 nitrogen and oxygen atoms in total. The molecule has 1 unspecified atom stereocenters. The zero-order valence-corrected chi connectivity index (χ0v) is 6.97. The van der Waals surface area contributed by atoms with Crippen molar-refractivity contribution >= 4 is 23.2 Å². The van der Waals surface area contributed by atoms with Gasteiger partial charge in [-0.25, -0.2) is 0 Å². The summed E-state index contributed by atoms with van der Waals surface area (Å²) in [4.78, 5) is 0. The van der Waals surface area contributed by atoms with Gasteiger partial charge in [0.1, 0.15) is 16.4 Å². The first-order valence-electron chi connectivity index (χ1n) is 2.83. The Balaban J connectivity index is 2.78. The highest BCUT2D eigenvalue weighted by molar-refractivity contribution is 6.30. The van der Waals surface area contributed by atoms with Crippen LogP contribution in [-0.2, 0) is 0 Å². The summed E-state index contributed by atoms with van der Waals surface area (Å²) in [5, 5.41) is 9.86. The smallest absolute Gasteiger partial charge is 0.147 e. The minimum Gasteiger partial charge on any atom is -0.355 e. The van der Waals surface area contributed by atoms with Gasteiger partial charge in [0.2, 0.25) is 0 Å². The van der Waals surface area contributed by atoms with Crippen molar-refractivity contribution in [2.24, 2.45) is 16.2 Å². The molecule has 0 amide bonds. The zero-order chi connectivity index (χ0) is 8.27. The van der Waals surface area contributed by atoms with Gasteiger partial charge in [0.15, 0.2) is 0 Å². The number of nitrogens with two attached hydrogens (primary N) is 1. The van der Waals surface area contributed by atoms with Crippen LogP contribution >= 0.6 is 23.2 Å². The molecule has 0 spiro atoms. The van der Waals surface area contributed by atoms with Crippen molar-refractivity contribution in [2.45, 2.75) is 5.50 Å². The lowest BCUT2D eigenvalue weighted by Crippen LogP contribution is -2.24. The van der Waals surface area contributed by atoms with E-state index in [0.29, 0.717) is 10.9 Å². The number of hydrogen-bond acceptors (Lipinski definition) is 3. The van der Waals surface area contributed by atoms with Gasteiger partial charge in [-0.2, -0.15) is 0 Å². The number of halogens is 2. The third-order valence-electron chi connectivity index (χ3n) is 1.10. The molecule has 60 valence electrons. The van der Waals surface area contributed by atoms with Crippen LogP contribution in [0.2, 0.25) is 0 Å². The summed E-state index contributed by atoms with van der Waals surface area (Å²) in [7, 11) is 0. The van der Waals surface area contributed by atoms with Crippen LogP contribution < -0.4 is 11.2 Å². The third kappa shape index (κ3) is 2.10. The van der Waals surface area contributed by atoms with Crippen LogP contribution in [0.3, 0.4) is 0 Å². The van der Waals surface area contributed by atoms with Gasteiger partial charge in [-0.3, -0.25) is 0 Å². The van der Waals surface area contributed by atoms with Crippen LogP contribution in [0, 0.1) is 0 Å². The molecule has 1 aliphatic heterocycles. The molecule has 3 N–H and O–H groups in total. The van der Waals surface area contributed by atoms with Gasteiger partial charge >= 0.3 is 0 Å². The molecule has 6 heteroatoms. The average molecular weight is 193 g/mol. The maximum atomic E-state index is 5.74. The molecule has 0 saturated heterocycles. The number of nitrogens with one attached hydrogen (secondary N) is 1. The quantitative estimate of drug-likeness (QED) is 0.217. The fraction of sp³-hybridized carbons (Fsp3) is 0.200. The van der Waals surface area contributed by atoms with E-state index in [0.717, 1.165) is 0 Å². The number of alkyl halides is 1. The second-order valence-electron chi connectivity index (χ2n) is 1.83. The average Bonchev–Trinajstić information content (AvgIpc) is 1.95. The van der Waals surface area contributed by atoms with Crippen LogP contribution in [0.25, 0.3) is 0 Å². The summed E-state index contributed by atoms with van der Waals surface area (Å²) in [6.07, 6.45) is 3.28. The molecule has 0 aliphatic carbocycles. The largest absolute Gasteiger partial charge is 0.355 e. The SMILES string of the molecule is NN=NC1=CC=C(Cl)NC1Cl. The summed E-state index contributed by atoms with van der Waals surface area (Å²) in [6, 6.07) is 0. The van der Waals surface area contributed by atoms with E-state index in [1.165, 1.54) is 0 Å². The fourth-order valence-corrected chi connectivity index (χ4v) is 1.10. The van der Waals surface area contributed by atoms with Gasteiger partial charge in [0.05, 0.1) is 0 Å². The van der Waals surface area contributed by atoms with E-state index in [-0.39, 0.29) is 0 Å². The van der Waals surface area contributed by atoms with Crippen molar-refractivity contribution in [3.8, 4) is 0 Å². The van der Waals surface area contributed by atoms with Crippen molar-refractivity contribution in [2.75, 3.05) is 0 Å². The normalized spacial score (nSPS) is 24.4. The third-order valence-corrected chi connectivity index (χ3v) is 1.67.